The Bertz CT molecular complexity index is 1200. The number of fused-ring (bicyclic) bond motifs is 1. The molecule has 0 bridgehead atoms. The molecule has 162 valence electrons. The van der Waals surface area contributed by atoms with Crippen LogP contribution < -0.4 is 9.47 Å². The van der Waals surface area contributed by atoms with Crippen LogP contribution in [0.25, 0.3) is 0 Å². The molecule has 5 rings (SSSR count). The lowest BCUT2D eigenvalue weighted by molar-refractivity contribution is 0.0821. The fraction of sp³-hybridized carbons (Fsp3) is 0.208. The van der Waals surface area contributed by atoms with Crippen LogP contribution in [0.4, 0.5) is 0 Å². The molecular weight excluding hydrogens is 422 g/mol. The first-order valence-corrected chi connectivity index (χ1v) is 11.4. The van der Waals surface area contributed by atoms with Crippen molar-refractivity contribution in [1.29, 1.82) is 0 Å². The number of allylic oxidation sites excluding steroid dienone is 1. The maximum absolute atomic E-state index is 6.15. The molecule has 0 amide bonds. The molecule has 4 aromatic rings. The molecule has 0 aliphatic carbocycles. The normalized spacial score (nSPS) is 14.9. The van der Waals surface area contributed by atoms with Gasteiger partial charge in [0, 0.05) is 25.5 Å². The van der Waals surface area contributed by atoms with Crippen molar-refractivity contribution in [2.75, 3.05) is 6.61 Å². The topological polar surface area (TPSA) is 67.0 Å². The highest BCUT2D eigenvalue weighted by Crippen LogP contribution is 2.36. The summed E-state index contributed by atoms with van der Waals surface area (Å²) < 4.78 is 16.2. The number of ether oxygens (including phenoxy) is 2. The van der Waals surface area contributed by atoms with Crippen LogP contribution in [0.1, 0.15) is 23.3 Å². The largest absolute Gasteiger partial charge is 0.485 e. The standard InChI is InChI=1S/C24H23N5O2S/c1-2-13-29-23(21-16-30-19-10-6-7-11-20(19)31-21)26-27-24(29)32-17-22-25-12-14-28(22)15-18-8-4-3-5-9-18/h2-12,14,21H,1,13,15-17H2. The third kappa shape index (κ3) is 4.27. The van der Waals surface area contributed by atoms with E-state index < -0.39 is 0 Å². The maximum Gasteiger partial charge on any atom is 0.192 e. The first kappa shape index (κ1) is 20.4. The second-order valence-corrected chi connectivity index (χ2v) is 8.29. The molecule has 1 aliphatic rings. The van der Waals surface area contributed by atoms with E-state index in [9.17, 15) is 0 Å². The van der Waals surface area contributed by atoms with Gasteiger partial charge in [-0.1, -0.05) is 60.3 Å². The number of nitrogens with zero attached hydrogens (tertiary/aromatic N) is 5. The lowest BCUT2D eigenvalue weighted by Crippen LogP contribution is -2.25. The van der Waals surface area contributed by atoms with Crippen LogP contribution in [-0.4, -0.2) is 30.9 Å². The molecule has 0 spiro atoms. The van der Waals surface area contributed by atoms with E-state index in [2.05, 4.69) is 50.6 Å². The van der Waals surface area contributed by atoms with Crippen LogP contribution in [0.3, 0.4) is 0 Å². The number of benzene rings is 2. The summed E-state index contributed by atoms with van der Waals surface area (Å²) in [5, 5.41) is 9.67. The van der Waals surface area contributed by atoms with E-state index in [-0.39, 0.29) is 6.10 Å². The number of aromatic nitrogens is 5. The van der Waals surface area contributed by atoms with E-state index >= 15 is 0 Å². The Morgan fingerprint density at radius 3 is 2.72 bits per heavy atom. The van der Waals surface area contributed by atoms with Crippen molar-refractivity contribution in [2.24, 2.45) is 0 Å². The minimum Gasteiger partial charge on any atom is -0.485 e. The van der Waals surface area contributed by atoms with E-state index in [4.69, 9.17) is 9.47 Å². The molecule has 0 saturated carbocycles. The van der Waals surface area contributed by atoms with E-state index in [1.165, 1.54) is 5.56 Å². The first-order valence-electron chi connectivity index (χ1n) is 10.4. The molecule has 0 fully saturated rings. The summed E-state index contributed by atoms with van der Waals surface area (Å²) in [6, 6.07) is 18.0. The number of rotatable bonds is 8. The van der Waals surface area contributed by atoms with Crippen molar-refractivity contribution >= 4 is 11.8 Å². The van der Waals surface area contributed by atoms with Gasteiger partial charge in [0.1, 0.15) is 12.4 Å². The molecule has 1 unspecified atom stereocenters. The Labute approximate surface area is 190 Å². The molecule has 1 atom stereocenters. The van der Waals surface area contributed by atoms with Gasteiger partial charge in [0.25, 0.3) is 0 Å². The first-order chi connectivity index (χ1) is 15.8. The lowest BCUT2D eigenvalue weighted by atomic mass is 10.2. The van der Waals surface area contributed by atoms with Crippen molar-refractivity contribution in [3.8, 4) is 11.5 Å². The number of thioether (sulfide) groups is 1. The number of hydrogen-bond acceptors (Lipinski definition) is 6. The Morgan fingerprint density at radius 1 is 1.06 bits per heavy atom. The summed E-state index contributed by atoms with van der Waals surface area (Å²) >= 11 is 1.60. The molecule has 2 aromatic carbocycles. The van der Waals surface area contributed by atoms with Crippen molar-refractivity contribution < 1.29 is 9.47 Å². The average molecular weight is 446 g/mol. The van der Waals surface area contributed by atoms with Gasteiger partial charge >= 0.3 is 0 Å². The monoisotopic (exact) mass is 445 g/mol. The van der Waals surface area contributed by atoms with Crippen LogP contribution in [-0.2, 0) is 18.8 Å². The van der Waals surface area contributed by atoms with Crippen molar-refractivity contribution in [1.82, 2.24) is 24.3 Å². The molecular formula is C24H23N5O2S. The number of para-hydroxylation sites is 2. The van der Waals surface area contributed by atoms with Gasteiger partial charge in [-0.2, -0.15) is 0 Å². The highest BCUT2D eigenvalue weighted by Gasteiger charge is 2.28. The Kier molecular flexibility index (Phi) is 5.93. The molecule has 0 radical (unpaired) electrons. The Morgan fingerprint density at radius 2 is 1.88 bits per heavy atom. The fourth-order valence-electron chi connectivity index (χ4n) is 3.63. The lowest BCUT2D eigenvalue weighted by Gasteiger charge is -2.26. The van der Waals surface area contributed by atoms with Gasteiger partial charge in [-0.05, 0) is 17.7 Å². The van der Waals surface area contributed by atoms with Crippen LogP contribution >= 0.6 is 11.8 Å². The molecule has 1 aliphatic heterocycles. The molecule has 3 heterocycles. The summed E-state index contributed by atoms with van der Waals surface area (Å²) in [6.45, 7) is 5.66. The van der Waals surface area contributed by atoms with Gasteiger partial charge in [0.15, 0.2) is 28.6 Å². The molecule has 2 aromatic heterocycles. The highest BCUT2D eigenvalue weighted by molar-refractivity contribution is 7.98. The van der Waals surface area contributed by atoms with Crippen molar-refractivity contribution in [3.63, 3.8) is 0 Å². The highest BCUT2D eigenvalue weighted by atomic mass is 32.2. The zero-order valence-corrected chi connectivity index (χ0v) is 18.3. The van der Waals surface area contributed by atoms with E-state index in [1.807, 2.05) is 53.4 Å². The molecule has 7 nitrogen and oxygen atoms in total. The summed E-state index contributed by atoms with van der Waals surface area (Å²) in [7, 11) is 0. The van der Waals surface area contributed by atoms with Crippen molar-refractivity contribution in [2.45, 2.75) is 30.1 Å². The minimum atomic E-state index is -0.327. The smallest absolute Gasteiger partial charge is 0.192 e. The third-order valence-corrected chi connectivity index (χ3v) is 6.14. The van der Waals surface area contributed by atoms with E-state index in [0.717, 1.165) is 29.1 Å². The summed E-state index contributed by atoms with van der Waals surface area (Å²) in [6.07, 6.45) is 5.36. The minimum absolute atomic E-state index is 0.327. The van der Waals surface area contributed by atoms with Crippen molar-refractivity contribution in [3.05, 3.63) is 96.9 Å². The molecule has 0 saturated heterocycles. The molecule has 0 N–H and O–H groups in total. The quantitative estimate of drug-likeness (QED) is 0.294. The fourth-order valence-corrected chi connectivity index (χ4v) is 4.55. The van der Waals surface area contributed by atoms with Gasteiger partial charge in [0.05, 0.1) is 5.75 Å². The Hall–Kier alpha value is -3.52. The summed E-state index contributed by atoms with van der Waals surface area (Å²) in [4.78, 5) is 4.54. The van der Waals surface area contributed by atoms with Crippen LogP contribution in [0.2, 0.25) is 0 Å². The second-order valence-electron chi connectivity index (χ2n) is 7.35. The van der Waals surface area contributed by atoms with Gasteiger partial charge in [-0.3, -0.25) is 4.57 Å². The summed E-state index contributed by atoms with van der Waals surface area (Å²) in [5.74, 6) is 3.86. The van der Waals surface area contributed by atoms with Gasteiger partial charge in [0.2, 0.25) is 0 Å². The van der Waals surface area contributed by atoms with Crippen LogP contribution in [0.15, 0.2) is 84.8 Å². The van der Waals surface area contributed by atoms with Gasteiger partial charge in [-0.25, -0.2) is 4.98 Å². The average Bonchev–Trinajstić information content (AvgIpc) is 3.45. The predicted molar refractivity (Wildman–Crippen MR) is 123 cm³/mol. The zero-order chi connectivity index (χ0) is 21.8. The number of imidazole rings is 1. The van der Waals surface area contributed by atoms with E-state index in [1.54, 1.807) is 11.8 Å². The van der Waals surface area contributed by atoms with Crippen LogP contribution in [0, 0.1) is 0 Å². The second kappa shape index (κ2) is 9.32. The number of hydrogen-bond donors (Lipinski definition) is 0. The summed E-state index contributed by atoms with van der Waals surface area (Å²) in [5.41, 5.74) is 1.24. The van der Waals surface area contributed by atoms with Crippen LogP contribution in [0.5, 0.6) is 11.5 Å². The maximum atomic E-state index is 6.15. The Balaban J connectivity index is 1.32. The van der Waals surface area contributed by atoms with Gasteiger partial charge < -0.3 is 14.0 Å². The van der Waals surface area contributed by atoms with Gasteiger partial charge in [-0.15, -0.1) is 16.8 Å². The zero-order valence-electron chi connectivity index (χ0n) is 17.5. The predicted octanol–water partition coefficient (Wildman–Crippen LogP) is 4.51. The third-order valence-electron chi connectivity index (χ3n) is 5.18. The van der Waals surface area contributed by atoms with E-state index in [0.29, 0.717) is 24.7 Å². The SMILES string of the molecule is C=CCn1c(SCc2nccn2Cc2ccccc2)nnc1C1COc2ccccc2O1. The molecule has 32 heavy (non-hydrogen) atoms. The molecule has 8 heteroatoms.